The summed E-state index contributed by atoms with van der Waals surface area (Å²) in [7, 11) is 2.09. The molecule has 3 nitrogen and oxygen atoms in total. The topological polar surface area (TPSA) is 28.2 Å². The van der Waals surface area contributed by atoms with Gasteiger partial charge in [0.25, 0.3) is 0 Å². The summed E-state index contributed by atoms with van der Waals surface area (Å²) in [5.74, 6) is 0. The predicted octanol–water partition coefficient (Wildman–Crippen LogP) is 2.46. The minimum Gasteiger partial charge on any atom is -0.308 e. The van der Waals surface area contributed by atoms with Crippen LogP contribution in [0.1, 0.15) is 26.5 Å². The highest BCUT2D eigenvalue weighted by Crippen LogP contribution is 2.03. The van der Waals surface area contributed by atoms with Gasteiger partial charge in [-0.15, -0.1) is 0 Å². The van der Waals surface area contributed by atoms with E-state index in [0.717, 1.165) is 25.3 Å². The van der Waals surface area contributed by atoms with Crippen LogP contribution in [-0.4, -0.2) is 35.6 Å². The summed E-state index contributed by atoms with van der Waals surface area (Å²) >= 11 is 0. The van der Waals surface area contributed by atoms with E-state index >= 15 is 0 Å². The minimum absolute atomic E-state index is 0.141. The highest BCUT2D eigenvalue weighted by atomic mass is 15.1. The van der Waals surface area contributed by atoms with Crippen LogP contribution in [0.15, 0.2) is 36.5 Å². The van der Waals surface area contributed by atoms with Crippen molar-refractivity contribution in [3.05, 3.63) is 42.2 Å². The quantitative estimate of drug-likeness (QED) is 0.783. The molecule has 0 saturated carbocycles. The number of rotatable bonds is 6. The minimum atomic E-state index is 0.141. The van der Waals surface area contributed by atoms with E-state index < -0.39 is 0 Å². The van der Waals surface area contributed by atoms with Gasteiger partial charge in [-0.3, -0.25) is 9.88 Å². The van der Waals surface area contributed by atoms with E-state index in [1.165, 1.54) is 5.57 Å². The van der Waals surface area contributed by atoms with E-state index in [4.69, 9.17) is 0 Å². The fourth-order valence-corrected chi connectivity index (χ4v) is 1.65. The Hall–Kier alpha value is -1.19. The number of likely N-dealkylation sites (N-methyl/N-ethyl adjacent to an activating group) is 1. The van der Waals surface area contributed by atoms with Gasteiger partial charge in [-0.05, 0) is 45.5 Å². The Balaban J connectivity index is 2.32. The smallest absolute Gasteiger partial charge is 0.0543 e. The van der Waals surface area contributed by atoms with Crippen LogP contribution in [0.25, 0.3) is 0 Å². The fourth-order valence-electron chi connectivity index (χ4n) is 1.65. The summed E-state index contributed by atoms with van der Waals surface area (Å²) in [6.45, 7) is 13.2. The number of aromatic nitrogens is 1. The van der Waals surface area contributed by atoms with E-state index in [1.807, 2.05) is 24.4 Å². The van der Waals surface area contributed by atoms with Crippen molar-refractivity contribution in [2.75, 3.05) is 20.1 Å². The van der Waals surface area contributed by atoms with Gasteiger partial charge in [0.1, 0.15) is 0 Å². The maximum absolute atomic E-state index is 4.32. The zero-order valence-electron chi connectivity index (χ0n) is 12.0. The molecule has 18 heavy (non-hydrogen) atoms. The molecule has 0 amide bonds. The second-order valence-electron chi connectivity index (χ2n) is 5.85. The summed E-state index contributed by atoms with van der Waals surface area (Å²) in [4.78, 5) is 6.56. The average Bonchev–Trinajstić information content (AvgIpc) is 2.26. The Morgan fingerprint density at radius 1 is 1.39 bits per heavy atom. The largest absolute Gasteiger partial charge is 0.308 e. The second kappa shape index (κ2) is 6.66. The van der Waals surface area contributed by atoms with Crippen LogP contribution in [0.4, 0.5) is 0 Å². The zero-order valence-corrected chi connectivity index (χ0v) is 12.0. The lowest BCUT2D eigenvalue weighted by molar-refractivity contribution is 0.342. The van der Waals surface area contributed by atoms with Gasteiger partial charge in [-0.2, -0.15) is 0 Å². The number of hydrogen-bond donors (Lipinski definition) is 1. The molecule has 0 aromatic carbocycles. The van der Waals surface area contributed by atoms with Crippen LogP contribution in [0.3, 0.4) is 0 Å². The van der Waals surface area contributed by atoms with Gasteiger partial charge in [0, 0.05) is 31.4 Å². The van der Waals surface area contributed by atoms with Crippen LogP contribution < -0.4 is 5.32 Å². The Labute approximate surface area is 111 Å². The van der Waals surface area contributed by atoms with Gasteiger partial charge in [0.2, 0.25) is 0 Å². The normalized spacial score (nSPS) is 11.8. The SMILES string of the molecule is C=C(CNC(C)(C)C)CN(C)Cc1ccccn1. The number of nitrogens with one attached hydrogen (secondary N) is 1. The van der Waals surface area contributed by atoms with Crippen molar-refractivity contribution in [2.24, 2.45) is 0 Å². The van der Waals surface area contributed by atoms with Crippen LogP contribution in [0.2, 0.25) is 0 Å². The molecule has 1 aromatic rings. The summed E-state index contributed by atoms with van der Waals surface area (Å²) in [5.41, 5.74) is 2.43. The Bertz CT molecular complexity index is 365. The zero-order chi connectivity index (χ0) is 13.6. The molecule has 0 aliphatic carbocycles. The summed E-state index contributed by atoms with van der Waals surface area (Å²) < 4.78 is 0. The molecule has 1 heterocycles. The van der Waals surface area contributed by atoms with Crippen molar-refractivity contribution in [1.82, 2.24) is 15.2 Å². The van der Waals surface area contributed by atoms with Crippen LogP contribution in [0.5, 0.6) is 0 Å². The predicted molar refractivity (Wildman–Crippen MR) is 77.5 cm³/mol. The molecule has 0 fully saturated rings. The summed E-state index contributed by atoms with van der Waals surface area (Å²) in [6.07, 6.45) is 1.83. The molecule has 100 valence electrons. The second-order valence-corrected chi connectivity index (χ2v) is 5.85. The molecule has 1 N–H and O–H groups in total. The van der Waals surface area contributed by atoms with Crippen molar-refractivity contribution in [3.8, 4) is 0 Å². The first kappa shape index (κ1) is 14.9. The van der Waals surface area contributed by atoms with E-state index in [-0.39, 0.29) is 5.54 Å². The van der Waals surface area contributed by atoms with Gasteiger partial charge in [0.15, 0.2) is 0 Å². The average molecular weight is 247 g/mol. The lowest BCUT2D eigenvalue weighted by atomic mass is 10.1. The fraction of sp³-hybridized carbons (Fsp3) is 0.533. The van der Waals surface area contributed by atoms with Gasteiger partial charge in [-0.1, -0.05) is 12.6 Å². The van der Waals surface area contributed by atoms with Gasteiger partial charge < -0.3 is 5.32 Å². The van der Waals surface area contributed by atoms with E-state index in [0.29, 0.717) is 0 Å². The molecule has 1 aromatic heterocycles. The van der Waals surface area contributed by atoms with Gasteiger partial charge in [0.05, 0.1) is 5.69 Å². The first-order valence-electron chi connectivity index (χ1n) is 6.37. The Morgan fingerprint density at radius 2 is 2.11 bits per heavy atom. The molecule has 0 saturated heterocycles. The summed E-state index contributed by atoms with van der Waals surface area (Å²) in [6, 6.07) is 6.01. The number of pyridine rings is 1. The molecule has 1 rings (SSSR count). The first-order chi connectivity index (χ1) is 8.37. The molecule has 0 aliphatic rings. The standard InChI is InChI=1S/C15H25N3/c1-13(10-17-15(2,3)4)11-18(5)12-14-8-6-7-9-16-14/h6-9,17H,1,10-12H2,2-5H3. The lowest BCUT2D eigenvalue weighted by Crippen LogP contribution is -2.38. The van der Waals surface area contributed by atoms with Gasteiger partial charge in [-0.25, -0.2) is 0 Å². The Kier molecular flexibility index (Phi) is 5.51. The van der Waals surface area contributed by atoms with Crippen molar-refractivity contribution >= 4 is 0 Å². The molecular formula is C15H25N3. The van der Waals surface area contributed by atoms with Crippen molar-refractivity contribution in [1.29, 1.82) is 0 Å². The number of hydrogen-bond acceptors (Lipinski definition) is 3. The monoisotopic (exact) mass is 247 g/mol. The molecular weight excluding hydrogens is 222 g/mol. The van der Waals surface area contributed by atoms with E-state index in [9.17, 15) is 0 Å². The summed E-state index contributed by atoms with van der Waals surface area (Å²) in [5, 5.41) is 3.45. The molecule has 3 heteroatoms. The third-order valence-electron chi connectivity index (χ3n) is 2.52. The Morgan fingerprint density at radius 3 is 2.67 bits per heavy atom. The highest BCUT2D eigenvalue weighted by Gasteiger charge is 2.09. The van der Waals surface area contributed by atoms with Crippen molar-refractivity contribution in [3.63, 3.8) is 0 Å². The molecule has 0 bridgehead atoms. The van der Waals surface area contributed by atoms with Crippen LogP contribution >= 0.6 is 0 Å². The van der Waals surface area contributed by atoms with Crippen LogP contribution in [-0.2, 0) is 6.54 Å². The molecule has 0 radical (unpaired) electrons. The lowest BCUT2D eigenvalue weighted by Gasteiger charge is -2.23. The van der Waals surface area contributed by atoms with Crippen molar-refractivity contribution in [2.45, 2.75) is 32.9 Å². The molecule has 0 aliphatic heterocycles. The number of nitrogens with zero attached hydrogens (tertiary/aromatic N) is 2. The maximum atomic E-state index is 4.32. The van der Waals surface area contributed by atoms with E-state index in [1.54, 1.807) is 0 Å². The van der Waals surface area contributed by atoms with Crippen LogP contribution in [0, 0.1) is 0 Å². The van der Waals surface area contributed by atoms with E-state index in [2.05, 4.69) is 49.6 Å². The van der Waals surface area contributed by atoms with Gasteiger partial charge >= 0.3 is 0 Å². The molecule has 0 atom stereocenters. The third kappa shape index (κ3) is 6.52. The third-order valence-corrected chi connectivity index (χ3v) is 2.52. The first-order valence-corrected chi connectivity index (χ1v) is 6.37. The molecule has 0 spiro atoms. The highest BCUT2D eigenvalue weighted by molar-refractivity contribution is 5.05. The maximum Gasteiger partial charge on any atom is 0.0543 e. The molecule has 0 unspecified atom stereocenters. The van der Waals surface area contributed by atoms with Crippen molar-refractivity contribution < 1.29 is 0 Å².